The summed E-state index contributed by atoms with van der Waals surface area (Å²) in [6, 6.07) is 7.84. The molecule has 98 valence electrons. The highest BCUT2D eigenvalue weighted by atomic mass is 16.4. The van der Waals surface area contributed by atoms with Gasteiger partial charge < -0.3 is 5.11 Å². The Labute approximate surface area is 112 Å². The van der Waals surface area contributed by atoms with Crippen LogP contribution < -0.4 is 0 Å². The SMILES string of the molecule is Cc1ccc(CC(C(=O)O)c2ncc(C)cn2)cc1. The van der Waals surface area contributed by atoms with Gasteiger partial charge in [0.2, 0.25) is 0 Å². The van der Waals surface area contributed by atoms with Crippen LogP contribution in [-0.2, 0) is 11.2 Å². The Morgan fingerprint density at radius 2 is 1.68 bits per heavy atom. The van der Waals surface area contributed by atoms with Crippen LogP contribution in [0.15, 0.2) is 36.7 Å². The zero-order chi connectivity index (χ0) is 13.8. The first-order valence-electron chi connectivity index (χ1n) is 6.13. The van der Waals surface area contributed by atoms with Gasteiger partial charge in [0.1, 0.15) is 11.7 Å². The summed E-state index contributed by atoms with van der Waals surface area (Å²) in [5, 5.41) is 9.33. The number of carbonyl (C=O) groups is 1. The second kappa shape index (κ2) is 5.61. The lowest BCUT2D eigenvalue weighted by Crippen LogP contribution is -2.17. The van der Waals surface area contributed by atoms with E-state index in [1.165, 1.54) is 0 Å². The van der Waals surface area contributed by atoms with Gasteiger partial charge >= 0.3 is 5.97 Å². The fraction of sp³-hybridized carbons (Fsp3) is 0.267. The number of rotatable bonds is 4. The average Bonchev–Trinajstić information content (AvgIpc) is 2.39. The van der Waals surface area contributed by atoms with E-state index in [9.17, 15) is 9.90 Å². The Morgan fingerprint density at radius 1 is 1.11 bits per heavy atom. The summed E-state index contributed by atoms with van der Waals surface area (Å²) in [5.74, 6) is -1.24. The Bertz CT molecular complexity index is 562. The van der Waals surface area contributed by atoms with Crippen LogP contribution in [0, 0.1) is 13.8 Å². The minimum Gasteiger partial charge on any atom is -0.481 e. The van der Waals surface area contributed by atoms with Gasteiger partial charge in [-0.3, -0.25) is 4.79 Å². The molecule has 1 aromatic carbocycles. The molecule has 2 rings (SSSR count). The molecule has 0 spiro atoms. The molecule has 0 saturated heterocycles. The smallest absolute Gasteiger partial charge is 0.314 e. The third-order valence-corrected chi connectivity index (χ3v) is 2.97. The van der Waals surface area contributed by atoms with Crippen LogP contribution in [0.2, 0.25) is 0 Å². The molecule has 1 atom stereocenters. The van der Waals surface area contributed by atoms with Crippen molar-refractivity contribution in [2.24, 2.45) is 0 Å². The second-order valence-corrected chi connectivity index (χ2v) is 4.70. The summed E-state index contributed by atoms with van der Waals surface area (Å²) in [5.41, 5.74) is 3.05. The van der Waals surface area contributed by atoms with Crippen molar-refractivity contribution >= 4 is 5.97 Å². The van der Waals surface area contributed by atoms with Gasteiger partial charge in [-0.05, 0) is 31.4 Å². The molecule has 1 aromatic heterocycles. The maximum Gasteiger partial charge on any atom is 0.314 e. The van der Waals surface area contributed by atoms with E-state index in [-0.39, 0.29) is 0 Å². The van der Waals surface area contributed by atoms with Crippen LogP contribution in [0.5, 0.6) is 0 Å². The van der Waals surface area contributed by atoms with E-state index in [2.05, 4.69) is 9.97 Å². The lowest BCUT2D eigenvalue weighted by Gasteiger charge is -2.11. The predicted octanol–water partition coefficient (Wildman–Crippen LogP) is 2.50. The van der Waals surface area contributed by atoms with Crippen LogP contribution in [0.1, 0.15) is 28.4 Å². The zero-order valence-electron chi connectivity index (χ0n) is 11.0. The van der Waals surface area contributed by atoms with Crippen molar-refractivity contribution in [3.8, 4) is 0 Å². The molecule has 0 amide bonds. The number of carboxylic acid groups (broad SMARTS) is 1. The molecule has 4 nitrogen and oxygen atoms in total. The van der Waals surface area contributed by atoms with E-state index in [0.29, 0.717) is 12.2 Å². The Kier molecular flexibility index (Phi) is 3.90. The summed E-state index contributed by atoms with van der Waals surface area (Å²) in [7, 11) is 0. The summed E-state index contributed by atoms with van der Waals surface area (Å²) >= 11 is 0. The fourth-order valence-electron chi connectivity index (χ4n) is 1.83. The van der Waals surface area contributed by atoms with Gasteiger partial charge in [-0.2, -0.15) is 0 Å². The summed E-state index contributed by atoms with van der Waals surface area (Å²) in [6.07, 6.45) is 3.69. The molecular weight excluding hydrogens is 240 g/mol. The molecule has 1 N–H and O–H groups in total. The van der Waals surface area contributed by atoms with E-state index in [4.69, 9.17) is 0 Å². The zero-order valence-corrected chi connectivity index (χ0v) is 11.0. The number of aliphatic carboxylic acids is 1. The molecule has 19 heavy (non-hydrogen) atoms. The first-order valence-corrected chi connectivity index (χ1v) is 6.13. The molecule has 1 heterocycles. The number of hydrogen-bond donors (Lipinski definition) is 1. The van der Waals surface area contributed by atoms with Crippen molar-refractivity contribution < 1.29 is 9.90 Å². The molecular formula is C15H16N2O2. The molecule has 1 unspecified atom stereocenters. The van der Waals surface area contributed by atoms with Crippen LogP contribution in [-0.4, -0.2) is 21.0 Å². The van der Waals surface area contributed by atoms with Gasteiger partial charge in [0, 0.05) is 12.4 Å². The average molecular weight is 256 g/mol. The number of hydrogen-bond acceptors (Lipinski definition) is 3. The van der Waals surface area contributed by atoms with Gasteiger partial charge in [-0.15, -0.1) is 0 Å². The molecule has 4 heteroatoms. The molecule has 0 fully saturated rings. The van der Waals surface area contributed by atoms with Gasteiger partial charge in [0.15, 0.2) is 0 Å². The molecule has 2 aromatic rings. The van der Waals surface area contributed by atoms with Crippen LogP contribution >= 0.6 is 0 Å². The number of carboxylic acids is 1. The van der Waals surface area contributed by atoms with Crippen molar-refractivity contribution in [3.63, 3.8) is 0 Å². The van der Waals surface area contributed by atoms with Crippen molar-refractivity contribution in [1.82, 2.24) is 9.97 Å². The molecule has 0 aliphatic rings. The summed E-state index contributed by atoms with van der Waals surface area (Å²) < 4.78 is 0. The lowest BCUT2D eigenvalue weighted by molar-refractivity contribution is -0.139. The van der Waals surface area contributed by atoms with Crippen molar-refractivity contribution in [3.05, 3.63) is 59.2 Å². The topological polar surface area (TPSA) is 63.1 Å². The highest BCUT2D eigenvalue weighted by Gasteiger charge is 2.23. The van der Waals surface area contributed by atoms with E-state index in [1.807, 2.05) is 38.1 Å². The van der Waals surface area contributed by atoms with Crippen molar-refractivity contribution in [2.45, 2.75) is 26.2 Å². The van der Waals surface area contributed by atoms with Gasteiger partial charge in [0.05, 0.1) is 0 Å². The third kappa shape index (κ3) is 3.37. The largest absolute Gasteiger partial charge is 0.481 e. The highest BCUT2D eigenvalue weighted by molar-refractivity contribution is 5.75. The van der Waals surface area contributed by atoms with Gasteiger partial charge in [-0.1, -0.05) is 29.8 Å². The van der Waals surface area contributed by atoms with Crippen molar-refractivity contribution in [2.75, 3.05) is 0 Å². The summed E-state index contributed by atoms with van der Waals surface area (Å²) in [4.78, 5) is 19.6. The van der Waals surface area contributed by atoms with Crippen molar-refractivity contribution in [1.29, 1.82) is 0 Å². The predicted molar refractivity (Wildman–Crippen MR) is 72.0 cm³/mol. The first kappa shape index (κ1) is 13.2. The third-order valence-electron chi connectivity index (χ3n) is 2.97. The number of benzene rings is 1. The van der Waals surface area contributed by atoms with Gasteiger partial charge in [0.25, 0.3) is 0 Å². The monoisotopic (exact) mass is 256 g/mol. The van der Waals surface area contributed by atoms with Crippen LogP contribution in [0.3, 0.4) is 0 Å². The summed E-state index contributed by atoms with van der Waals surface area (Å²) in [6.45, 7) is 3.88. The van der Waals surface area contributed by atoms with Gasteiger partial charge in [-0.25, -0.2) is 9.97 Å². The first-order chi connectivity index (χ1) is 9.06. The van der Waals surface area contributed by atoms with Crippen LogP contribution in [0.4, 0.5) is 0 Å². The minimum atomic E-state index is -0.899. The number of aryl methyl sites for hydroxylation is 2. The van der Waals surface area contributed by atoms with E-state index in [0.717, 1.165) is 16.7 Å². The molecule has 0 saturated carbocycles. The maximum absolute atomic E-state index is 11.4. The van der Waals surface area contributed by atoms with E-state index in [1.54, 1.807) is 12.4 Å². The van der Waals surface area contributed by atoms with Crippen LogP contribution in [0.25, 0.3) is 0 Å². The molecule has 0 aliphatic heterocycles. The quantitative estimate of drug-likeness (QED) is 0.913. The lowest BCUT2D eigenvalue weighted by atomic mass is 9.98. The molecule has 0 bridgehead atoms. The minimum absolute atomic E-state index is 0.360. The number of aromatic nitrogens is 2. The molecule has 0 aliphatic carbocycles. The highest BCUT2D eigenvalue weighted by Crippen LogP contribution is 2.18. The fourth-order valence-corrected chi connectivity index (χ4v) is 1.83. The Morgan fingerprint density at radius 3 is 2.21 bits per heavy atom. The molecule has 0 radical (unpaired) electrons. The second-order valence-electron chi connectivity index (χ2n) is 4.70. The number of nitrogens with zero attached hydrogens (tertiary/aromatic N) is 2. The normalized spacial score (nSPS) is 12.1. The Balaban J connectivity index is 2.23. The van der Waals surface area contributed by atoms with E-state index >= 15 is 0 Å². The van der Waals surface area contributed by atoms with E-state index < -0.39 is 11.9 Å². The standard InChI is InChI=1S/C15H16N2O2/c1-10-3-5-12(6-4-10)7-13(15(18)19)14-16-8-11(2)9-17-14/h3-6,8-9,13H,7H2,1-2H3,(H,18,19). The Hall–Kier alpha value is -2.23. The maximum atomic E-state index is 11.4.